The van der Waals surface area contributed by atoms with Crippen LogP contribution in [0, 0.1) is 0 Å². The number of aromatic amines is 1. The molecule has 0 spiro atoms. The second-order valence-electron chi connectivity index (χ2n) is 7.59. The van der Waals surface area contributed by atoms with Gasteiger partial charge in [-0.05, 0) is 35.7 Å². The summed E-state index contributed by atoms with van der Waals surface area (Å²) >= 11 is 12.8. The first-order valence-corrected chi connectivity index (χ1v) is 12.0. The van der Waals surface area contributed by atoms with Crippen LogP contribution >= 0.6 is 31.0 Å². The van der Waals surface area contributed by atoms with Gasteiger partial charge in [-0.15, -0.1) is 0 Å². The Bertz CT molecular complexity index is 1430. The molecule has 2 aromatic carbocycles. The van der Waals surface area contributed by atoms with E-state index in [1.54, 1.807) is 30.3 Å². The predicted molar refractivity (Wildman–Crippen MR) is 121 cm³/mol. The molecule has 2 aromatic heterocycles. The molecule has 4 aromatic rings. The molecule has 0 saturated carbocycles. The molecule has 0 atom stereocenters. The molecule has 4 rings (SSSR count). The number of aromatic nitrogens is 4. The van der Waals surface area contributed by atoms with Crippen LogP contribution in [0.15, 0.2) is 47.3 Å². The van der Waals surface area contributed by atoms with Gasteiger partial charge in [-0.2, -0.15) is 5.10 Å². The van der Waals surface area contributed by atoms with Gasteiger partial charge < -0.3 is 23.9 Å². The molecule has 0 amide bonds. The van der Waals surface area contributed by atoms with Crippen LogP contribution < -0.4 is 79.0 Å². The van der Waals surface area contributed by atoms with Gasteiger partial charge in [-0.25, -0.2) is 9.67 Å². The molecule has 9 nitrogen and oxygen atoms in total. The first-order valence-electron chi connectivity index (χ1n) is 9.80. The van der Waals surface area contributed by atoms with Crippen LogP contribution in [0.3, 0.4) is 0 Å². The molecule has 35 heavy (non-hydrogen) atoms. The molecule has 0 saturated heterocycles. The third-order valence-corrected chi connectivity index (χ3v) is 5.87. The Morgan fingerprint density at radius 2 is 1.69 bits per heavy atom. The van der Waals surface area contributed by atoms with E-state index < -0.39 is 7.82 Å². The van der Waals surface area contributed by atoms with E-state index in [4.69, 9.17) is 23.2 Å². The van der Waals surface area contributed by atoms with Crippen molar-refractivity contribution in [3.63, 3.8) is 0 Å². The summed E-state index contributed by atoms with van der Waals surface area (Å²) in [6.45, 7) is 3.83. The van der Waals surface area contributed by atoms with Crippen molar-refractivity contribution in [2.75, 3.05) is 0 Å². The Hall–Kier alpha value is -0.680. The number of nitrogens with zero attached hydrogens (tertiary/aromatic N) is 3. The molecule has 0 radical (unpaired) electrons. The summed E-state index contributed by atoms with van der Waals surface area (Å²) in [6, 6.07) is 10.9. The van der Waals surface area contributed by atoms with Crippen LogP contribution in [0.4, 0.5) is 0 Å². The Balaban J connectivity index is 0.00000216. The fourth-order valence-corrected chi connectivity index (χ4v) is 4.36. The van der Waals surface area contributed by atoms with Crippen molar-refractivity contribution >= 4 is 42.1 Å². The summed E-state index contributed by atoms with van der Waals surface area (Å²) in [6.07, 6.45) is 0.219. The number of hydrogen-bond donors (Lipinski definition) is 1. The predicted octanol–water partition coefficient (Wildman–Crippen LogP) is -2.65. The molecule has 14 heteroatoms. The summed E-state index contributed by atoms with van der Waals surface area (Å²) in [5.41, 5.74) is 1.63. The van der Waals surface area contributed by atoms with E-state index in [0.29, 0.717) is 43.8 Å². The third kappa shape index (κ3) is 7.00. The first kappa shape index (κ1) is 30.5. The zero-order valence-corrected chi connectivity index (χ0v) is 25.8. The smallest absolute Gasteiger partial charge is 0.780 e. The molecule has 172 valence electrons. The number of halogens is 2. The van der Waals surface area contributed by atoms with Crippen LogP contribution in [-0.4, -0.2) is 19.7 Å². The number of nitrogens with one attached hydrogen (secondary N) is 1. The van der Waals surface area contributed by atoms with E-state index in [1.165, 1.54) is 16.8 Å². The number of fused-ring (bicyclic) bond motifs is 1. The number of hydrogen-bond acceptors (Lipinski definition) is 7. The number of H-pyrrole nitrogens is 1. The maximum atomic E-state index is 13.0. The second kappa shape index (κ2) is 12.2. The van der Waals surface area contributed by atoms with Gasteiger partial charge in [-0.3, -0.25) is 4.79 Å². The second-order valence-corrected chi connectivity index (χ2v) is 9.48. The van der Waals surface area contributed by atoms with Gasteiger partial charge in [0.25, 0.3) is 5.56 Å². The van der Waals surface area contributed by atoms with Crippen molar-refractivity contribution in [1.29, 1.82) is 0 Å². The molecular weight excluding hydrogens is 536 g/mol. The zero-order valence-electron chi connectivity index (χ0n) is 19.4. The van der Waals surface area contributed by atoms with E-state index in [2.05, 4.69) is 19.6 Å². The summed E-state index contributed by atoms with van der Waals surface area (Å²) in [5.74, 6) is 0.186. The average molecular weight is 553 g/mol. The van der Waals surface area contributed by atoms with Crippen molar-refractivity contribution in [2.45, 2.75) is 26.2 Å². The van der Waals surface area contributed by atoms with Crippen molar-refractivity contribution in [3.8, 4) is 11.4 Å². The van der Waals surface area contributed by atoms with Crippen molar-refractivity contribution < 1.29 is 78.0 Å². The molecule has 2 heterocycles. The van der Waals surface area contributed by atoms with Gasteiger partial charge in [0.15, 0.2) is 5.65 Å². The van der Waals surface area contributed by atoms with Crippen LogP contribution in [-0.2, 0) is 11.0 Å². The van der Waals surface area contributed by atoms with E-state index >= 15 is 0 Å². The minimum Gasteiger partial charge on any atom is -0.780 e. The van der Waals surface area contributed by atoms with Gasteiger partial charge in [0.1, 0.15) is 30.5 Å². The van der Waals surface area contributed by atoms with Gasteiger partial charge in [0, 0.05) is 6.42 Å². The maximum absolute atomic E-state index is 13.0. The number of para-hydroxylation sites is 1. The molecule has 1 N–H and O–H groups in total. The summed E-state index contributed by atoms with van der Waals surface area (Å²) in [7, 11) is -5.14. The van der Waals surface area contributed by atoms with Gasteiger partial charge in [0.2, 0.25) is 0 Å². The normalized spacial score (nSPS) is 11.3. The SMILES string of the molecule is CC(C)c1nn(-c2c(Cl)cccc2Cl)c2nc(Cc3ccc(OP(=O)([O-])[O-])cc3)[nH]c(=O)c12.[Na+].[Na+]. The largest absolute Gasteiger partial charge is 1.00 e. The third-order valence-electron chi connectivity index (χ3n) is 4.82. The van der Waals surface area contributed by atoms with Gasteiger partial charge in [-0.1, -0.05) is 55.2 Å². The molecule has 0 aliphatic carbocycles. The standard InChI is InChI=1S/C21H19Cl2N4O5P.2Na/c1-11(2)18-17-20(27(26-18)19-14(22)4-3-5-15(19)23)24-16(25-21(17)28)10-12-6-8-13(9-7-12)32-33(29,30)31;;/h3-9,11H,10H2,1-2H3,(H,24,25,28)(H2,29,30,31);;/q;2*+1/p-2. The van der Waals surface area contributed by atoms with E-state index in [1.807, 2.05) is 13.8 Å². The molecule has 0 aliphatic rings. The Labute approximate surface area is 255 Å². The maximum Gasteiger partial charge on any atom is 1.00 e. The topological polar surface area (TPSA) is 136 Å². The Kier molecular flexibility index (Phi) is 10.7. The fourth-order valence-electron chi connectivity index (χ4n) is 3.42. The van der Waals surface area contributed by atoms with E-state index in [9.17, 15) is 19.1 Å². The number of rotatable bonds is 6. The minimum atomic E-state index is -5.14. The average Bonchev–Trinajstić information content (AvgIpc) is 3.08. The van der Waals surface area contributed by atoms with Crippen LogP contribution in [0.2, 0.25) is 10.0 Å². The quantitative estimate of drug-likeness (QED) is 0.204. The van der Waals surface area contributed by atoms with Gasteiger partial charge >= 0.3 is 59.1 Å². The van der Waals surface area contributed by atoms with E-state index in [-0.39, 0.29) is 82.8 Å². The Morgan fingerprint density at radius 3 is 2.23 bits per heavy atom. The zero-order chi connectivity index (χ0) is 23.9. The van der Waals surface area contributed by atoms with Crippen molar-refractivity contribution in [2.24, 2.45) is 0 Å². The van der Waals surface area contributed by atoms with Crippen molar-refractivity contribution in [1.82, 2.24) is 19.7 Å². The minimum absolute atomic E-state index is 0. The summed E-state index contributed by atoms with van der Waals surface area (Å²) in [4.78, 5) is 41.9. The first-order chi connectivity index (χ1) is 15.5. The summed E-state index contributed by atoms with van der Waals surface area (Å²) < 4.78 is 16.6. The Morgan fingerprint density at radius 1 is 1.09 bits per heavy atom. The molecular formula is C21H17Cl2N4Na2O5P. The monoisotopic (exact) mass is 552 g/mol. The molecule has 0 unspecified atom stereocenters. The van der Waals surface area contributed by atoms with Crippen molar-refractivity contribution in [3.05, 3.63) is 79.9 Å². The molecule has 0 aliphatic heterocycles. The van der Waals surface area contributed by atoms with Crippen LogP contribution in [0.25, 0.3) is 16.7 Å². The molecule has 0 bridgehead atoms. The van der Waals surface area contributed by atoms with Gasteiger partial charge in [0.05, 0.1) is 15.7 Å². The molecule has 0 fully saturated rings. The number of phosphoric ester groups is 1. The van der Waals surface area contributed by atoms with E-state index in [0.717, 1.165) is 0 Å². The van der Waals surface area contributed by atoms with Crippen LogP contribution in [0.5, 0.6) is 5.75 Å². The summed E-state index contributed by atoms with van der Waals surface area (Å²) in [5, 5.41) is 5.65. The number of phosphoric acid groups is 1. The van der Waals surface area contributed by atoms with Crippen LogP contribution in [0.1, 0.15) is 36.8 Å². The fraction of sp³-hybridized carbons (Fsp3) is 0.190. The number of benzene rings is 2.